The van der Waals surface area contributed by atoms with Gasteiger partial charge in [-0.1, -0.05) is 6.92 Å². The number of nitrogens with zero attached hydrogens (tertiary/aromatic N) is 3. The van der Waals surface area contributed by atoms with E-state index in [9.17, 15) is 13.2 Å². The predicted octanol–water partition coefficient (Wildman–Crippen LogP) is -0.446. The zero-order chi connectivity index (χ0) is 16.9. The van der Waals surface area contributed by atoms with Crippen molar-refractivity contribution in [1.29, 1.82) is 0 Å². The molecule has 0 saturated carbocycles. The second-order valence-electron chi connectivity index (χ2n) is 6.53. The van der Waals surface area contributed by atoms with E-state index in [-0.39, 0.29) is 11.9 Å². The number of hydrogen-bond acceptors (Lipinski definition) is 5. The van der Waals surface area contributed by atoms with E-state index < -0.39 is 10.0 Å². The lowest BCUT2D eigenvalue weighted by Crippen LogP contribution is -2.48. The molecule has 2 rings (SSSR count). The van der Waals surface area contributed by atoms with Crippen LogP contribution in [-0.2, 0) is 14.8 Å². The van der Waals surface area contributed by atoms with Gasteiger partial charge in [-0.05, 0) is 19.4 Å². The van der Waals surface area contributed by atoms with Gasteiger partial charge >= 0.3 is 0 Å². The second kappa shape index (κ2) is 8.41. The minimum absolute atomic E-state index is 0.0840. The minimum Gasteiger partial charge on any atom is -0.353 e. The van der Waals surface area contributed by atoms with Gasteiger partial charge < -0.3 is 15.1 Å². The molecule has 2 fully saturated rings. The molecule has 2 aliphatic heterocycles. The van der Waals surface area contributed by atoms with Crippen molar-refractivity contribution in [3.05, 3.63) is 0 Å². The fourth-order valence-electron chi connectivity index (χ4n) is 3.22. The van der Waals surface area contributed by atoms with E-state index in [1.165, 1.54) is 10.6 Å². The van der Waals surface area contributed by atoms with Crippen LogP contribution in [0.3, 0.4) is 0 Å². The Labute approximate surface area is 140 Å². The van der Waals surface area contributed by atoms with E-state index >= 15 is 0 Å². The Hall–Kier alpha value is -0.700. The van der Waals surface area contributed by atoms with Crippen LogP contribution in [0.4, 0.5) is 0 Å². The third-order valence-electron chi connectivity index (χ3n) is 4.86. The molecule has 0 atom stereocenters. The molecule has 0 radical (unpaired) electrons. The van der Waals surface area contributed by atoms with Crippen LogP contribution in [0.5, 0.6) is 0 Å². The SMILES string of the molecule is CCN1CCN(CCC(=O)NC2CCN(S(C)(=O)=O)CC2)CC1. The second-order valence-corrected chi connectivity index (χ2v) is 8.51. The highest BCUT2D eigenvalue weighted by Gasteiger charge is 2.25. The lowest BCUT2D eigenvalue weighted by Gasteiger charge is -2.34. The average molecular weight is 346 g/mol. The standard InChI is InChI=1S/C15H30N4O3S/c1-3-17-10-12-18(13-11-17)7-6-15(20)16-14-4-8-19(9-5-14)23(2,21)22/h14H,3-13H2,1-2H3,(H,16,20). The molecule has 0 unspecified atom stereocenters. The van der Waals surface area contributed by atoms with Crippen LogP contribution in [-0.4, -0.2) is 93.1 Å². The summed E-state index contributed by atoms with van der Waals surface area (Å²) in [4.78, 5) is 16.8. The molecule has 2 saturated heterocycles. The molecule has 23 heavy (non-hydrogen) atoms. The Morgan fingerprint density at radius 2 is 1.61 bits per heavy atom. The summed E-state index contributed by atoms with van der Waals surface area (Å²) in [6.07, 6.45) is 3.17. The van der Waals surface area contributed by atoms with E-state index in [0.717, 1.165) is 39.3 Å². The van der Waals surface area contributed by atoms with Crippen molar-refractivity contribution < 1.29 is 13.2 Å². The van der Waals surface area contributed by atoms with Gasteiger partial charge in [0.2, 0.25) is 15.9 Å². The first-order chi connectivity index (χ1) is 10.9. The molecule has 1 N–H and O–H groups in total. The number of piperidine rings is 1. The Morgan fingerprint density at radius 3 is 2.13 bits per heavy atom. The number of nitrogens with one attached hydrogen (secondary N) is 1. The summed E-state index contributed by atoms with van der Waals surface area (Å²) in [6.45, 7) is 9.33. The first kappa shape index (κ1) is 18.6. The minimum atomic E-state index is -3.10. The normalized spacial score (nSPS) is 23.0. The number of hydrogen-bond donors (Lipinski definition) is 1. The lowest BCUT2D eigenvalue weighted by atomic mass is 10.1. The Balaban J connectivity index is 1.62. The van der Waals surface area contributed by atoms with Crippen LogP contribution in [0.2, 0.25) is 0 Å². The summed E-state index contributed by atoms with van der Waals surface area (Å²) >= 11 is 0. The van der Waals surface area contributed by atoms with Crippen molar-refractivity contribution in [2.75, 3.05) is 58.6 Å². The molecular formula is C15H30N4O3S. The van der Waals surface area contributed by atoms with Crippen molar-refractivity contribution in [2.24, 2.45) is 0 Å². The van der Waals surface area contributed by atoms with Gasteiger partial charge in [-0.3, -0.25) is 4.79 Å². The largest absolute Gasteiger partial charge is 0.353 e. The van der Waals surface area contributed by atoms with E-state index in [1.54, 1.807) is 0 Å². The predicted molar refractivity (Wildman–Crippen MR) is 90.8 cm³/mol. The lowest BCUT2D eigenvalue weighted by molar-refractivity contribution is -0.122. The third kappa shape index (κ3) is 6.02. The van der Waals surface area contributed by atoms with Crippen LogP contribution >= 0.6 is 0 Å². The Kier molecular flexibility index (Phi) is 6.82. The summed E-state index contributed by atoms with van der Waals surface area (Å²) in [5, 5.41) is 3.05. The monoisotopic (exact) mass is 346 g/mol. The molecule has 0 aromatic carbocycles. The van der Waals surface area contributed by atoms with E-state index in [1.807, 2.05) is 0 Å². The number of sulfonamides is 1. The van der Waals surface area contributed by atoms with E-state index in [4.69, 9.17) is 0 Å². The highest BCUT2D eigenvalue weighted by atomic mass is 32.2. The first-order valence-corrected chi connectivity index (χ1v) is 10.4. The fourth-order valence-corrected chi connectivity index (χ4v) is 4.09. The van der Waals surface area contributed by atoms with Crippen LogP contribution in [0, 0.1) is 0 Å². The number of piperazine rings is 1. The highest BCUT2D eigenvalue weighted by Crippen LogP contribution is 2.13. The van der Waals surface area contributed by atoms with Crippen molar-refractivity contribution in [2.45, 2.75) is 32.2 Å². The Bertz CT molecular complexity index is 481. The van der Waals surface area contributed by atoms with Crippen LogP contribution < -0.4 is 5.32 Å². The summed E-state index contributed by atoms with van der Waals surface area (Å²) in [7, 11) is -3.10. The van der Waals surface area contributed by atoms with Gasteiger partial charge in [0.25, 0.3) is 0 Å². The molecule has 2 heterocycles. The van der Waals surface area contributed by atoms with Crippen molar-refractivity contribution in [3.63, 3.8) is 0 Å². The maximum Gasteiger partial charge on any atom is 0.221 e. The van der Waals surface area contributed by atoms with Crippen molar-refractivity contribution in [1.82, 2.24) is 19.4 Å². The van der Waals surface area contributed by atoms with Gasteiger partial charge in [0.15, 0.2) is 0 Å². The molecule has 7 nitrogen and oxygen atoms in total. The zero-order valence-corrected chi connectivity index (χ0v) is 15.1. The van der Waals surface area contributed by atoms with Gasteiger partial charge in [-0.2, -0.15) is 0 Å². The average Bonchev–Trinajstić information content (AvgIpc) is 2.53. The van der Waals surface area contributed by atoms with Crippen molar-refractivity contribution >= 4 is 15.9 Å². The number of carbonyl (C=O) groups excluding carboxylic acids is 1. The van der Waals surface area contributed by atoms with Crippen LogP contribution in [0.1, 0.15) is 26.2 Å². The highest BCUT2D eigenvalue weighted by molar-refractivity contribution is 7.88. The fraction of sp³-hybridized carbons (Fsp3) is 0.933. The molecule has 0 spiro atoms. The number of rotatable bonds is 6. The molecule has 134 valence electrons. The molecule has 0 aromatic heterocycles. The molecular weight excluding hydrogens is 316 g/mol. The van der Waals surface area contributed by atoms with Crippen molar-refractivity contribution in [3.8, 4) is 0 Å². The Morgan fingerprint density at radius 1 is 1.04 bits per heavy atom. The zero-order valence-electron chi connectivity index (χ0n) is 14.3. The summed E-state index contributed by atoms with van der Waals surface area (Å²) < 4.78 is 24.4. The maximum absolute atomic E-state index is 12.1. The van der Waals surface area contributed by atoms with Gasteiger partial charge in [0, 0.05) is 58.3 Å². The summed E-state index contributed by atoms with van der Waals surface area (Å²) in [6, 6.07) is 0.109. The molecule has 0 bridgehead atoms. The van der Waals surface area contributed by atoms with Crippen LogP contribution in [0.15, 0.2) is 0 Å². The topological polar surface area (TPSA) is 73.0 Å². The van der Waals surface area contributed by atoms with E-state index in [2.05, 4.69) is 22.0 Å². The number of likely N-dealkylation sites (N-methyl/N-ethyl adjacent to an activating group) is 1. The third-order valence-corrected chi connectivity index (χ3v) is 6.16. The summed E-state index contributed by atoms with van der Waals surface area (Å²) in [5.41, 5.74) is 0. The molecule has 2 aliphatic rings. The summed E-state index contributed by atoms with van der Waals surface area (Å²) in [5.74, 6) is 0.0840. The molecule has 8 heteroatoms. The quantitative estimate of drug-likeness (QED) is 0.706. The van der Waals surface area contributed by atoms with E-state index in [0.29, 0.717) is 32.4 Å². The van der Waals surface area contributed by atoms with Crippen LogP contribution in [0.25, 0.3) is 0 Å². The molecule has 1 amide bonds. The van der Waals surface area contributed by atoms with Gasteiger partial charge in [0.05, 0.1) is 6.26 Å². The smallest absolute Gasteiger partial charge is 0.221 e. The number of amides is 1. The first-order valence-electron chi connectivity index (χ1n) is 8.57. The molecule has 0 aliphatic carbocycles. The maximum atomic E-state index is 12.1. The van der Waals surface area contributed by atoms with Gasteiger partial charge in [0.1, 0.15) is 0 Å². The van der Waals surface area contributed by atoms with Gasteiger partial charge in [-0.25, -0.2) is 12.7 Å². The molecule has 0 aromatic rings. The number of carbonyl (C=O) groups is 1. The van der Waals surface area contributed by atoms with Gasteiger partial charge in [-0.15, -0.1) is 0 Å².